The van der Waals surface area contributed by atoms with E-state index in [1.54, 1.807) is 18.2 Å². The standard InChI is InChI=1S/C12H7Cl2O2S/c13-11-7-6-10(8-12(11)14)17(15,16)9-4-2-1-3-5-9/h1-4,6-8H. The topological polar surface area (TPSA) is 34.1 Å². The molecule has 0 spiro atoms. The van der Waals surface area contributed by atoms with Crippen LogP contribution in [0.4, 0.5) is 0 Å². The molecule has 5 heteroatoms. The smallest absolute Gasteiger partial charge is 0.207 e. The van der Waals surface area contributed by atoms with Crippen molar-refractivity contribution in [1.82, 2.24) is 0 Å². The molecule has 0 aliphatic carbocycles. The molecule has 1 radical (unpaired) electrons. The molecule has 0 saturated heterocycles. The van der Waals surface area contributed by atoms with E-state index in [1.165, 1.54) is 24.3 Å². The van der Waals surface area contributed by atoms with Crippen molar-refractivity contribution in [2.45, 2.75) is 9.79 Å². The molecule has 2 aromatic carbocycles. The predicted octanol–water partition coefficient (Wildman–Crippen LogP) is 3.63. The molecule has 87 valence electrons. The van der Waals surface area contributed by atoms with E-state index in [4.69, 9.17) is 23.2 Å². The first-order chi connectivity index (χ1) is 8.01. The quantitative estimate of drug-likeness (QED) is 0.844. The molecule has 0 unspecified atom stereocenters. The summed E-state index contributed by atoms with van der Waals surface area (Å²) in [5.74, 6) is 0. The van der Waals surface area contributed by atoms with Gasteiger partial charge in [0.25, 0.3) is 0 Å². The average molecular weight is 286 g/mol. The van der Waals surface area contributed by atoms with Crippen LogP contribution in [0.5, 0.6) is 0 Å². The van der Waals surface area contributed by atoms with Crippen LogP contribution in [0.15, 0.2) is 52.3 Å². The van der Waals surface area contributed by atoms with E-state index in [-0.39, 0.29) is 14.8 Å². The molecule has 2 rings (SSSR count). The van der Waals surface area contributed by atoms with Crippen molar-refractivity contribution < 1.29 is 8.42 Å². The minimum absolute atomic E-state index is 0.106. The Morgan fingerprint density at radius 3 is 2.35 bits per heavy atom. The van der Waals surface area contributed by atoms with E-state index >= 15 is 0 Å². The summed E-state index contributed by atoms with van der Waals surface area (Å²) in [5.41, 5.74) is 0. The van der Waals surface area contributed by atoms with Crippen molar-refractivity contribution in [3.05, 3.63) is 58.6 Å². The van der Waals surface area contributed by atoms with Crippen molar-refractivity contribution in [1.29, 1.82) is 0 Å². The number of rotatable bonds is 2. The van der Waals surface area contributed by atoms with Crippen LogP contribution in [0.25, 0.3) is 0 Å². The summed E-state index contributed by atoms with van der Waals surface area (Å²) in [7, 11) is -3.58. The van der Waals surface area contributed by atoms with Gasteiger partial charge in [-0.15, -0.1) is 0 Å². The first-order valence-electron chi connectivity index (χ1n) is 4.68. The highest BCUT2D eigenvalue weighted by molar-refractivity contribution is 7.91. The maximum atomic E-state index is 12.2. The van der Waals surface area contributed by atoms with Gasteiger partial charge in [0.1, 0.15) is 0 Å². The first kappa shape index (κ1) is 12.4. The number of sulfone groups is 1. The summed E-state index contributed by atoms with van der Waals surface area (Å²) in [5, 5.41) is 0.534. The third-order valence-corrected chi connectivity index (χ3v) is 4.62. The van der Waals surface area contributed by atoms with Gasteiger partial charge in [0.2, 0.25) is 9.84 Å². The zero-order valence-electron chi connectivity index (χ0n) is 8.52. The molecule has 0 heterocycles. The molecular weight excluding hydrogens is 279 g/mol. The largest absolute Gasteiger partial charge is 0.218 e. The van der Waals surface area contributed by atoms with Crippen molar-refractivity contribution in [2.24, 2.45) is 0 Å². The maximum Gasteiger partial charge on any atom is 0.207 e. The Morgan fingerprint density at radius 2 is 1.76 bits per heavy atom. The Kier molecular flexibility index (Phi) is 3.43. The highest BCUT2D eigenvalue weighted by Crippen LogP contribution is 2.27. The van der Waals surface area contributed by atoms with Gasteiger partial charge < -0.3 is 0 Å². The molecule has 2 nitrogen and oxygen atoms in total. The minimum Gasteiger partial charge on any atom is -0.218 e. The summed E-state index contributed by atoms with van der Waals surface area (Å²) >= 11 is 11.5. The molecule has 0 fully saturated rings. The van der Waals surface area contributed by atoms with Crippen LogP contribution >= 0.6 is 23.2 Å². The van der Waals surface area contributed by atoms with Crippen LogP contribution in [-0.2, 0) is 9.84 Å². The molecule has 0 saturated carbocycles. The molecule has 2 aromatic rings. The summed E-state index contributed by atoms with van der Waals surface area (Å²) in [6.45, 7) is 0. The summed E-state index contributed by atoms with van der Waals surface area (Å²) in [6, 6.07) is 13.3. The number of hydrogen-bond acceptors (Lipinski definition) is 2. The highest BCUT2D eigenvalue weighted by Gasteiger charge is 2.18. The van der Waals surface area contributed by atoms with Gasteiger partial charge in [-0.05, 0) is 24.3 Å². The van der Waals surface area contributed by atoms with Crippen LogP contribution in [0, 0.1) is 6.07 Å². The van der Waals surface area contributed by atoms with Gasteiger partial charge in [-0.1, -0.05) is 41.4 Å². The second-order valence-electron chi connectivity index (χ2n) is 3.31. The number of hydrogen-bond donors (Lipinski definition) is 0. The minimum atomic E-state index is -3.58. The second kappa shape index (κ2) is 4.69. The summed E-state index contributed by atoms with van der Waals surface area (Å²) in [6.07, 6.45) is 0. The van der Waals surface area contributed by atoms with E-state index in [1.807, 2.05) is 0 Å². The Bertz CT molecular complexity index is 637. The van der Waals surface area contributed by atoms with Gasteiger partial charge in [-0.25, -0.2) is 8.42 Å². The average Bonchev–Trinajstić information content (AvgIpc) is 2.33. The van der Waals surface area contributed by atoms with Gasteiger partial charge in [0.15, 0.2) is 0 Å². The van der Waals surface area contributed by atoms with Gasteiger partial charge in [0, 0.05) is 6.07 Å². The van der Waals surface area contributed by atoms with Crippen LogP contribution in [-0.4, -0.2) is 8.42 Å². The Balaban J connectivity index is 2.57. The Hall–Kier alpha value is -1.03. The van der Waals surface area contributed by atoms with Gasteiger partial charge >= 0.3 is 0 Å². The lowest BCUT2D eigenvalue weighted by atomic mass is 10.4. The van der Waals surface area contributed by atoms with Crippen molar-refractivity contribution >= 4 is 33.0 Å². The normalized spacial score (nSPS) is 11.4. The lowest BCUT2D eigenvalue weighted by Gasteiger charge is -2.05. The first-order valence-corrected chi connectivity index (χ1v) is 6.92. The maximum absolute atomic E-state index is 12.2. The highest BCUT2D eigenvalue weighted by atomic mass is 35.5. The van der Waals surface area contributed by atoms with E-state index < -0.39 is 9.84 Å². The zero-order valence-corrected chi connectivity index (χ0v) is 10.9. The fourth-order valence-electron chi connectivity index (χ4n) is 1.31. The molecule has 0 bridgehead atoms. The number of benzene rings is 2. The molecule has 0 N–H and O–H groups in total. The molecule has 0 amide bonds. The van der Waals surface area contributed by atoms with Crippen LogP contribution in [0.3, 0.4) is 0 Å². The summed E-state index contributed by atoms with van der Waals surface area (Å²) < 4.78 is 24.3. The van der Waals surface area contributed by atoms with Crippen molar-refractivity contribution in [3.8, 4) is 0 Å². The van der Waals surface area contributed by atoms with Gasteiger partial charge in [-0.2, -0.15) is 0 Å². The van der Waals surface area contributed by atoms with Crippen molar-refractivity contribution in [3.63, 3.8) is 0 Å². The van der Waals surface area contributed by atoms with E-state index in [2.05, 4.69) is 6.07 Å². The third kappa shape index (κ3) is 2.46. The third-order valence-electron chi connectivity index (χ3n) is 2.17. The van der Waals surface area contributed by atoms with Gasteiger partial charge in [0.05, 0.1) is 19.8 Å². The Morgan fingerprint density at radius 1 is 1.00 bits per heavy atom. The van der Waals surface area contributed by atoms with E-state index in [0.29, 0.717) is 5.02 Å². The monoisotopic (exact) mass is 285 g/mol. The molecular formula is C12H7Cl2O2S. The SMILES string of the molecule is O=S(=O)(c1[c]cccc1)c1ccc(Cl)c(Cl)c1. The van der Waals surface area contributed by atoms with E-state index in [0.717, 1.165) is 0 Å². The van der Waals surface area contributed by atoms with Crippen LogP contribution in [0.1, 0.15) is 0 Å². The predicted molar refractivity (Wildman–Crippen MR) is 67.2 cm³/mol. The molecule has 0 aliphatic heterocycles. The fourth-order valence-corrected chi connectivity index (χ4v) is 2.93. The molecule has 0 aromatic heterocycles. The van der Waals surface area contributed by atoms with Crippen LogP contribution < -0.4 is 0 Å². The zero-order chi connectivity index (χ0) is 12.5. The molecule has 0 aliphatic rings. The molecule has 0 atom stereocenters. The van der Waals surface area contributed by atoms with Crippen LogP contribution in [0.2, 0.25) is 10.0 Å². The van der Waals surface area contributed by atoms with E-state index in [9.17, 15) is 8.42 Å². The second-order valence-corrected chi connectivity index (χ2v) is 6.04. The lowest BCUT2D eigenvalue weighted by molar-refractivity contribution is 0.596. The van der Waals surface area contributed by atoms with Gasteiger partial charge in [-0.3, -0.25) is 0 Å². The number of halogens is 2. The Labute approximate surface area is 110 Å². The van der Waals surface area contributed by atoms with Crippen molar-refractivity contribution in [2.75, 3.05) is 0 Å². The summed E-state index contributed by atoms with van der Waals surface area (Å²) in [4.78, 5) is 0.215. The molecule has 17 heavy (non-hydrogen) atoms. The fraction of sp³-hybridized carbons (Fsp3) is 0. The lowest BCUT2D eigenvalue weighted by Crippen LogP contribution is -2.01.